The summed E-state index contributed by atoms with van der Waals surface area (Å²) < 4.78 is 0. The van der Waals surface area contributed by atoms with Crippen molar-refractivity contribution in [2.45, 2.75) is 45.2 Å². The molecule has 0 radical (unpaired) electrons. The Morgan fingerprint density at radius 3 is 3.06 bits per heavy atom. The largest absolute Gasteiger partial charge is 0.307 e. The molecule has 1 aliphatic rings. The van der Waals surface area contributed by atoms with Gasteiger partial charge in [-0.15, -0.1) is 0 Å². The highest BCUT2D eigenvalue weighted by molar-refractivity contribution is 5.17. The molecule has 1 N–H and O–H groups in total. The van der Waals surface area contributed by atoms with Crippen LogP contribution in [0.3, 0.4) is 0 Å². The van der Waals surface area contributed by atoms with Crippen molar-refractivity contribution in [2.75, 3.05) is 0 Å². The second-order valence-electron chi connectivity index (χ2n) is 4.77. The van der Waals surface area contributed by atoms with Gasteiger partial charge in [0.15, 0.2) is 0 Å². The van der Waals surface area contributed by atoms with Crippen molar-refractivity contribution in [1.29, 1.82) is 5.26 Å². The summed E-state index contributed by atoms with van der Waals surface area (Å²) in [7, 11) is 0. The molecule has 0 aromatic carbocycles. The van der Waals surface area contributed by atoms with E-state index in [4.69, 9.17) is 5.26 Å². The number of nitrogens with zero attached hydrogens (tertiary/aromatic N) is 2. The standard InChI is InChI=1S/C14H19N3/c1-11-5-4-8-16-14(11)10-17-13-7-3-2-6-12(13)9-15/h4-5,8,12-13,17H,2-3,6-7,10H2,1H3. The van der Waals surface area contributed by atoms with E-state index in [1.54, 1.807) is 0 Å². The van der Waals surface area contributed by atoms with Crippen LogP contribution in [0.15, 0.2) is 18.3 Å². The lowest BCUT2D eigenvalue weighted by Gasteiger charge is -2.27. The fourth-order valence-electron chi connectivity index (χ4n) is 2.46. The molecule has 2 unspecified atom stereocenters. The first-order valence-electron chi connectivity index (χ1n) is 6.35. The zero-order valence-electron chi connectivity index (χ0n) is 10.3. The van der Waals surface area contributed by atoms with Crippen molar-refractivity contribution in [3.63, 3.8) is 0 Å². The van der Waals surface area contributed by atoms with E-state index in [0.29, 0.717) is 6.04 Å². The average molecular weight is 229 g/mol. The smallest absolute Gasteiger partial charge is 0.0672 e. The SMILES string of the molecule is Cc1cccnc1CNC1CCCCC1C#N. The Kier molecular flexibility index (Phi) is 4.11. The van der Waals surface area contributed by atoms with Crippen LogP contribution in [-0.4, -0.2) is 11.0 Å². The summed E-state index contributed by atoms with van der Waals surface area (Å²) in [4.78, 5) is 4.37. The lowest BCUT2D eigenvalue weighted by atomic mass is 9.85. The van der Waals surface area contributed by atoms with E-state index in [0.717, 1.165) is 25.1 Å². The maximum Gasteiger partial charge on any atom is 0.0672 e. The number of hydrogen-bond donors (Lipinski definition) is 1. The van der Waals surface area contributed by atoms with Gasteiger partial charge in [0, 0.05) is 18.8 Å². The number of rotatable bonds is 3. The molecular weight excluding hydrogens is 210 g/mol. The Labute approximate surface area is 103 Å². The fraction of sp³-hybridized carbons (Fsp3) is 0.571. The molecule has 0 bridgehead atoms. The van der Waals surface area contributed by atoms with Crippen molar-refractivity contribution in [3.8, 4) is 6.07 Å². The predicted molar refractivity (Wildman–Crippen MR) is 67.2 cm³/mol. The van der Waals surface area contributed by atoms with E-state index >= 15 is 0 Å². The molecule has 2 atom stereocenters. The molecule has 1 saturated carbocycles. The van der Waals surface area contributed by atoms with E-state index in [-0.39, 0.29) is 5.92 Å². The van der Waals surface area contributed by atoms with Crippen LogP contribution in [0.4, 0.5) is 0 Å². The number of pyridine rings is 1. The molecule has 0 aliphatic heterocycles. The van der Waals surface area contributed by atoms with Gasteiger partial charge in [0.2, 0.25) is 0 Å². The third-order valence-electron chi connectivity index (χ3n) is 3.58. The normalized spacial score (nSPS) is 24.2. The number of hydrogen-bond acceptors (Lipinski definition) is 3. The van der Waals surface area contributed by atoms with Crippen LogP contribution in [0, 0.1) is 24.2 Å². The molecule has 0 spiro atoms. The van der Waals surface area contributed by atoms with Crippen molar-refractivity contribution < 1.29 is 0 Å². The van der Waals surface area contributed by atoms with Gasteiger partial charge in [0.05, 0.1) is 17.7 Å². The molecule has 1 heterocycles. The molecule has 2 rings (SSSR count). The van der Waals surface area contributed by atoms with Gasteiger partial charge in [0.1, 0.15) is 0 Å². The minimum Gasteiger partial charge on any atom is -0.307 e. The quantitative estimate of drug-likeness (QED) is 0.866. The summed E-state index contributed by atoms with van der Waals surface area (Å²) in [6, 6.07) is 6.80. The van der Waals surface area contributed by atoms with Crippen LogP contribution < -0.4 is 5.32 Å². The van der Waals surface area contributed by atoms with Crippen molar-refractivity contribution in [2.24, 2.45) is 5.92 Å². The maximum absolute atomic E-state index is 9.11. The second-order valence-corrected chi connectivity index (χ2v) is 4.77. The molecule has 1 aliphatic carbocycles. The van der Waals surface area contributed by atoms with Gasteiger partial charge in [-0.3, -0.25) is 4.98 Å². The van der Waals surface area contributed by atoms with E-state index in [2.05, 4.69) is 29.4 Å². The second kappa shape index (κ2) is 5.79. The van der Waals surface area contributed by atoms with Crippen molar-refractivity contribution in [3.05, 3.63) is 29.6 Å². The summed E-state index contributed by atoms with van der Waals surface area (Å²) >= 11 is 0. The summed E-state index contributed by atoms with van der Waals surface area (Å²) in [5.74, 6) is 0.174. The lowest BCUT2D eigenvalue weighted by Crippen LogP contribution is -2.37. The maximum atomic E-state index is 9.11. The molecule has 0 saturated heterocycles. The highest BCUT2D eigenvalue weighted by atomic mass is 14.9. The fourth-order valence-corrected chi connectivity index (χ4v) is 2.46. The average Bonchev–Trinajstić information content (AvgIpc) is 2.38. The van der Waals surface area contributed by atoms with Gasteiger partial charge in [-0.1, -0.05) is 18.9 Å². The number of nitriles is 1. The Balaban J connectivity index is 1.93. The Morgan fingerprint density at radius 2 is 2.29 bits per heavy atom. The summed E-state index contributed by atoms with van der Waals surface area (Å²) in [5.41, 5.74) is 2.30. The van der Waals surface area contributed by atoms with Crippen LogP contribution >= 0.6 is 0 Å². The van der Waals surface area contributed by atoms with Crippen molar-refractivity contribution in [1.82, 2.24) is 10.3 Å². The van der Waals surface area contributed by atoms with Gasteiger partial charge in [-0.05, 0) is 31.4 Å². The number of nitrogens with one attached hydrogen (secondary N) is 1. The monoisotopic (exact) mass is 229 g/mol. The Morgan fingerprint density at radius 1 is 1.47 bits per heavy atom. The van der Waals surface area contributed by atoms with Crippen LogP contribution in [0.5, 0.6) is 0 Å². The molecule has 17 heavy (non-hydrogen) atoms. The van der Waals surface area contributed by atoms with E-state index in [9.17, 15) is 0 Å². The van der Waals surface area contributed by atoms with Crippen LogP contribution in [0.25, 0.3) is 0 Å². The number of aryl methyl sites for hydroxylation is 1. The van der Waals surface area contributed by atoms with Crippen LogP contribution in [0.1, 0.15) is 36.9 Å². The first kappa shape index (κ1) is 12.1. The lowest BCUT2D eigenvalue weighted by molar-refractivity contribution is 0.310. The molecule has 1 aromatic heterocycles. The van der Waals surface area contributed by atoms with E-state index < -0.39 is 0 Å². The highest BCUT2D eigenvalue weighted by Gasteiger charge is 2.24. The molecule has 1 aromatic rings. The highest BCUT2D eigenvalue weighted by Crippen LogP contribution is 2.24. The molecular formula is C14H19N3. The molecule has 1 fully saturated rings. The van der Waals surface area contributed by atoms with Gasteiger partial charge in [0.25, 0.3) is 0 Å². The van der Waals surface area contributed by atoms with Crippen molar-refractivity contribution >= 4 is 0 Å². The number of aromatic nitrogens is 1. The summed E-state index contributed by atoms with van der Waals surface area (Å²) in [6.07, 6.45) is 6.40. The first-order valence-corrected chi connectivity index (χ1v) is 6.35. The van der Waals surface area contributed by atoms with Gasteiger partial charge < -0.3 is 5.32 Å². The van der Waals surface area contributed by atoms with E-state index in [1.807, 2.05) is 12.3 Å². The van der Waals surface area contributed by atoms with Gasteiger partial charge >= 0.3 is 0 Å². The molecule has 0 amide bonds. The summed E-state index contributed by atoms with van der Waals surface area (Å²) in [5, 5.41) is 12.6. The molecule has 3 heteroatoms. The minimum atomic E-state index is 0.174. The topological polar surface area (TPSA) is 48.7 Å². The van der Waals surface area contributed by atoms with Gasteiger partial charge in [-0.2, -0.15) is 5.26 Å². The zero-order chi connectivity index (χ0) is 12.1. The third-order valence-corrected chi connectivity index (χ3v) is 3.58. The van der Waals surface area contributed by atoms with Crippen LogP contribution in [-0.2, 0) is 6.54 Å². The van der Waals surface area contributed by atoms with Gasteiger partial charge in [-0.25, -0.2) is 0 Å². The first-order chi connectivity index (χ1) is 8.31. The minimum absolute atomic E-state index is 0.174. The van der Waals surface area contributed by atoms with Crippen LogP contribution in [0.2, 0.25) is 0 Å². The van der Waals surface area contributed by atoms with E-state index in [1.165, 1.54) is 18.4 Å². The predicted octanol–water partition coefficient (Wildman–Crippen LogP) is 2.56. The summed E-state index contributed by atoms with van der Waals surface area (Å²) in [6.45, 7) is 2.85. The Bertz CT molecular complexity index is 408. The Hall–Kier alpha value is -1.40. The molecule has 90 valence electrons. The third kappa shape index (κ3) is 3.04. The zero-order valence-corrected chi connectivity index (χ0v) is 10.3. The molecule has 3 nitrogen and oxygen atoms in total.